The van der Waals surface area contributed by atoms with Crippen molar-refractivity contribution in [1.29, 1.82) is 5.26 Å². The molecule has 0 aromatic carbocycles. The molecule has 8 heteroatoms. The van der Waals surface area contributed by atoms with Gasteiger partial charge in [0.05, 0.1) is 18.2 Å². The lowest BCUT2D eigenvalue weighted by Crippen LogP contribution is -2.45. The SMILES string of the molecule is CCOC(=O)C1CCCN(C(=O)Cn2nc(C)c(C)c(C#N)c2=O)C1. The van der Waals surface area contributed by atoms with Crippen molar-refractivity contribution in [2.45, 2.75) is 40.2 Å². The summed E-state index contributed by atoms with van der Waals surface area (Å²) in [6.45, 7) is 5.96. The number of rotatable bonds is 4. The van der Waals surface area contributed by atoms with Gasteiger partial charge in [0.15, 0.2) is 0 Å². The average Bonchev–Trinajstić information content (AvgIpc) is 2.60. The fraction of sp³-hybridized carbons (Fsp3) is 0.588. The van der Waals surface area contributed by atoms with Gasteiger partial charge < -0.3 is 9.64 Å². The first-order chi connectivity index (χ1) is 11.9. The Hall–Kier alpha value is -2.69. The zero-order chi connectivity index (χ0) is 18.6. The predicted octanol–water partition coefficient (Wildman–Crippen LogP) is 0.534. The van der Waals surface area contributed by atoms with E-state index in [1.54, 1.807) is 25.7 Å². The van der Waals surface area contributed by atoms with Crippen molar-refractivity contribution in [2.24, 2.45) is 5.92 Å². The molecule has 1 unspecified atom stereocenters. The van der Waals surface area contributed by atoms with Gasteiger partial charge in [-0.1, -0.05) is 0 Å². The lowest BCUT2D eigenvalue weighted by molar-refractivity contribution is -0.151. The summed E-state index contributed by atoms with van der Waals surface area (Å²) in [5.74, 6) is -0.930. The topological polar surface area (TPSA) is 105 Å². The van der Waals surface area contributed by atoms with Gasteiger partial charge in [-0.15, -0.1) is 0 Å². The third-order valence-corrected chi connectivity index (χ3v) is 4.43. The van der Waals surface area contributed by atoms with E-state index in [1.807, 2.05) is 6.07 Å². The van der Waals surface area contributed by atoms with Crippen LogP contribution in [-0.2, 0) is 20.9 Å². The number of carbonyl (C=O) groups is 2. The summed E-state index contributed by atoms with van der Waals surface area (Å²) in [5.41, 5.74) is 0.491. The van der Waals surface area contributed by atoms with E-state index in [9.17, 15) is 14.4 Å². The Morgan fingerprint density at radius 3 is 2.76 bits per heavy atom. The number of nitriles is 1. The van der Waals surface area contributed by atoms with E-state index in [1.165, 1.54) is 0 Å². The molecule has 2 heterocycles. The van der Waals surface area contributed by atoms with E-state index >= 15 is 0 Å². The van der Waals surface area contributed by atoms with Crippen LogP contribution in [0.25, 0.3) is 0 Å². The molecular formula is C17H22N4O4. The Morgan fingerprint density at radius 2 is 2.12 bits per heavy atom. The van der Waals surface area contributed by atoms with E-state index < -0.39 is 5.56 Å². The minimum absolute atomic E-state index is 0.00310. The van der Waals surface area contributed by atoms with Crippen LogP contribution in [0.1, 0.15) is 36.6 Å². The largest absolute Gasteiger partial charge is 0.466 e. The Labute approximate surface area is 146 Å². The van der Waals surface area contributed by atoms with Crippen LogP contribution in [0.3, 0.4) is 0 Å². The quantitative estimate of drug-likeness (QED) is 0.737. The summed E-state index contributed by atoms with van der Waals surface area (Å²) >= 11 is 0. The van der Waals surface area contributed by atoms with Gasteiger partial charge >= 0.3 is 5.97 Å². The smallest absolute Gasteiger partial charge is 0.310 e. The summed E-state index contributed by atoms with van der Waals surface area (Å²) in [7, 11) is 0. The number of hydrogen-bond donors (Lipinski definition) is 0. The number of esters is 1. The number of nitrogens with zero attached hydrogens (tertiary/aromatic N) is 4. The second-order valence-corrected chi connectivity index (χ2v) is 6.09. The van der Waals surface area contributed by atoms with Gasteiger partial charge in [-0.25, -0.2) is 4.68 Å². The second kappa shape index (κ2) is 7.92. The first kappa shape index (κ1) is 18.6. The lowest BCUT2D eigenvalue weighted by atomic mass is 9.98. The van der Waals surface area contributed by atoms with Crippen LogP contribution in [0.2, 0.25) is 0 Å². The first-order valence-corrected chi connectivity index (χ1v) is 8.31. The number of piperidine rings is 1. The molecule has 1 amide bonds. The molecule has 0 bridgehead atoms. The van der Waals surface area contributed by atoms with Gasteiger partial charge in [0.25, 0.3) is 5.56 Å². The van der Waals surface area contributed by atoms with Gasteiger partial charge in [0.2, 0.25) is 5.91 Å². The second-order valence-electron chi connectivity index (χ2n) is 6.09. The molecule has 0 N–H and O–H groups in total. The van der Waals surface area contributed by atoms with Gasteiger partial charge in [0.1, 0.15) is 18.2 Å². The molecule has 1 aromatic heterocycles. The number of hydrogen-bond acceptors (Lipinski definition) is 6. The van der Waals surface area contributed by atoms with Crippen LogP contribution in [0.5, 0.6) is 0 Å². The maximum absolute atomic E-state index is 12.5. The summed E-state index contributed by atoms with van der Waals surface area (Å²) in [6.07, 6.45) is 1.39. The highest BCUT2D eigenvalue weighted by Gasteiger charge is 2.29. The van der Waals surface area contributed by atoms with Crippen LogP contribution < -0.4 is 5.56 Å². The predicted molar refractivity (Wildman–Crippen MR) is 88.6 cm³/mol. The molecule has 25 heavy (non-hydrogen) atoms. The molecule has 1 saturated heterocycles. The molecule has 134 valence electrons. The van der Waals surface area contributed by atoms with Crippen molar-refractivity contribution in [2.75, 3.05) is 19.7 Å². The van der Waals surface area contributed by atoms with Crippen molar-refractivity contribution < 1.29 is 14.3 Å². The fourth-order valence-electron chi connectivity index (χ4n) is 2.89. The Balaban J connectivity index is 2.15. The Bertz CT molecular complexity index is 778. The average molecular weight is 346 g/mol. The highest BCUT2D eigenvalue weighted by Crippen LogP contribution is 2.18. The zero-order valence-electron chi connectivity index (χ0n) is 14.7. The standard InChI is InChI=1S/C17H22N4O4/c1-4-25-17(24)13-6-5-7-20(9-13)15(22)10-21-16(23)14(8-18)11(2)12(3)19-21/h13H,4-7,9-10H2,1-3H3. The maximum Gasteiger partial charge on any atom is 0.310 e. The molecule has 0 aliphatic carbocycles. The normalized spacial score (nSPS) is 17.0. The number of ether oxygens (including phenoxy) is 1. The Kier molecular flexibility index (Phi) is 5.91. The van der Waals surface area contributed by atoms with E-state index in [-0.39, 0.29) is 36.4 Å². The Morgan fingerprint density at radius 1 is 1.40 bits per heavy atom. The molecule has 1 atom stereocenters. The minimum Gasteiger partial charge on any atom is -0.466 e. The van der Waals surface area contributed by atoms with E-state index in [0.717, 1.165) is 4.68 Å². The van der Waals surface area contributed by atoms with Crippen molar-refractivity contribution in [1.82, 2.24) is 14.7 Å². The molecule has 1 aromatic rings. The summed E-state index contributed by atoms with van der Waals surface area (Å²) in [5, 5.41) is 13.3. The molecular weight excluding hydrogens is 324 g/mol. The molecule has 1 aliphatic heterocycles. The van der Waals surface area contributed by atoms with Gasteiger partial charge in [0, 0.05) is 13.1 Å². The third-order valence-electron chi connectivity index (χ3n) is 4.43. The number of aromatic nitrogens is 2. The third kappa shape index (κ3) is 4.05. The molecule has 2 rings (SSSR count). The van der Waals surface area contributed by atoms with Crippen LogP contribution >= 0.6 is 0 Å². The van der Waals surface area contributed by atoms with Crippen LogP contribution in [0.4, 0.5) is 0 Å². The molecule has 0 spiro atoms. The molecule has 0 saturated carbocycles. The highest BCUT2D eigenvalue weighted by atomic mass is 16.5. The summed E-state index contributed by atoms with van der Waals surface area (Å²) < 4.78 is 6.05. The number of amides is 1. The number of likely N-dealkylation sites (tertiary alicyclic amines) is 1. The van der Waals surface area contributed by atoms with E-state index in [0.29, 0.717) is 37.3 Å². The van der Waals surface area contributed by atoms with Crippen molar-refractivity contribution in [3.8, 4) is 6.07 Å². The van der Waals surface area contributed by atoms with Crippen LogP contribution in [0.15, 0.2) is 4.79 Å². The minimum atomic E-state index is -0.571. The molecule has 0 radical (unpaired) electrons. The van der Waals surface area contributed by atoms with Gasteiger partial charge in [-0.05, 0) is 39.2 Å². The van der Waals surface area contributed by atoms with E-state index in [2.05, 4.69) is 5.10 Å². The van der Waals surface area contributed by atoms with Gasteiger partial charge in [-0.3, -0.25) is 14.4 Å². The van der Waals surface area contributed by atoms with Crippen molar-refractivity contribution >= 4 is 11.9 Å². The molecule has 8 nitrogen and oxygen atoms in total. The van der Waals surface area contributed by atoms with Crippen LogP contribution in [-0.4, -0.2) is 46.3 Å². The lowest BCUT2D eigenvalue weighted by Gasteiger charge is -2.31. The summed E-state index contributed by atoms with van der Waals surface area (Å²) in [4.78, 5) is 38.3. The summed E-state index contributed by atoms with van der Waals surface area (Å²) in [6, 6.07) is 1.87. The number of aryl methyl sites for hydroxylation is 1. The number of carbonyl (C=O) groups excluding carboxylic acids is 2. The van der Waals surface area contributed by atoms with Gasteiger partial charge in [-0.2, -0.15) is 10.4 Å². The highest BCUT2D eigenvalue weighted by molar-refractivity contribution is 5.78. The van der Waals surface area contributed by atoms with Crippen molar-refractivity contribution in [3.05, 3.63) is 27.2 Å². The molecule has 1 fully saturated rings. The van der Waals surface area contributed by atoms with Crippen LogP contribution in [0, 0.1) is 31.1 Å². The first-order valence-electron chi connectivity index (χ1n) is 8.31. The zero-order valence-corrected chi connectivity index (χ0v) is 14.7. The monoisotopic (exact) mass is 346 g/mol. The molecule has 1 aliphatic rings. The fourth-order valence-corrected chi connectivity index (χ4v) is 2.89. The maximum atomic E-state index is 12.5. The van der Waals surface area contributed by atoms with E-state index in [4.69, 9.17) is 10.00 Å². The van der Waals surface area contributed by atoms with Crippen molar-refractivity contribution in [3.63, 3.8) is 0 Å².